The molecule has 11 heteroatoms. The Bertz CT molecular complexity index is 1250. The third-order valence-corrected chi connectivity index (χ3v) is 4.44. The molecule has 2 N–H and O–H groups in total. The fourth-order valence-corrected chi connectivity index (χ4v) is 3.16. The van der Waals surface area contributed by atoms with E-state index < -0.39 is 17.7 Å². The molecule has 0 bridgehead atoms. The first kappa shape index (κ1) is 19.1. The second-order valence-electron chi connectivity index (χ2n) is 6.22. The van der Waals surface area contributed by atoms with E-state index in [1.807, 2.05) is 0 Å². The van der Waals surface area contributed by atoms with Gasteiger partial charge in [0, 0.05) is 16.3 Å². The molecule has 0 aliphatic carbocycles. The molecule has 6 nitrogen and oxygen atoms in total. The van der Waals surface area contributed by atoms with Gasteiger partial charge in [-0.05, 0) is 42.8 Å². The number of hydrogen-bond donors (Lipinski definition) is 1. The summed E-state index contributed by atoms with van der Waals surface area (Å²) in [6, 6.07) is 6.16. The number of aryl methyl sites for hydroxylation is 1. The molecular weight excluding hydrogens is 412 g/mol. The molecule has 148 valence electrons. The lowest BCUT2D eigenvalue weighted by molar-refractivity contribution is -0.141. The molecule has 0 saturated heterocycles. The number of hydrogen-bond acceptors (Lipinski definition) is 5. The summed E-state index contributed by atoms with van der Waals surface area (Å²) in [7, 11) is 0. The first-order chi connectivity index (χ1) is 13.6. The highest BCUT2D eigenvalue weighted by molar-refractivity contribution is 6.30. The predicted octanol–water partition coefficient (Wildman–Crippen LogP) is 4.56. The van der Waals surface area contributed by atoms with Gasteiger partial charge in [0.2, 0.25) is 5.95 Å². The molecule has 0 amide bonds. The van der Waals surface area contributed by atoms with Crippen molar-refractivity contribution in [3.05, 3.63) is 58.9 Å². The first-order valence-corrected chi connectivity index (χ1v) is 8.54. The molecule has 0 unspecified atom stereocenters. The van der Waals surface area contributed by atoms with Crippen LogP contribution in [0.5, 0.6) is 0 Å². The van der Waals surface area contributed by atoms with E-state index in [-0.39, 0.29) is 44.7 Å². The van der Waals surface area contributed by atoms with E-state index in [0.717, 1.165) is 12.1 Å². The minimum atomic E-state index is -4.67. The van der Waals surface area contributed by atoms with Crippen molar-refractivity contribution in [2.24, 2.45) is 0 Å². The van der Waals surface area contributed by atoms with Crippen LogP contribution in [0.1, 0.15) is 11.4 Å². The zero-order valence-electron chi connectivity index (χ0n) is 14.7. The van der Waals surface area contributed by atoms with E-state index in [4.69, 9.17) is 17.3 Å². The minimum Gasteiger partial charge on any atom is -0.369 e. The van der Waals surface area contributed by atoms with Gasteiger partial charge in [-0.2, -0.15) is 13.2 Å². The lowest BCUT2D eigenvalue weighted by Crippen LogP contribution is -2.10. The van der Waals surface area contributed by atoms with Crippen LogP contribution in [0.25, 0.3) is 28.0 Å². The van der Waals surface area contributed by atoms with E-state index in [2.05, 4.69) is 20.2 Å². The number of benzene rings is 1. The van der Waals surface area contributed by atoms with Gasteiger partial charge in [-0.25, -0.2) is 14.4 Å². The molecule has 3 heterocycles. The van der Waals surface area contributed by atoms with Crippen molar-refractivity contribution in [1.82, 2.24) is 24.6 Å². The van der Waals surface area contributed by atoms with Crippen LogP contribution < -0.4 is 5.73 Å². The molecular formula is C18H11ClF4N6. The summed E-state index contributed by atoms with van der Waals surface area (Å²) in [6.07, 6.45) is -3.40. The quantitative estimate of drug-likeness (QED) is 0.479. The number of aromatic nitrogens is 5. The number of nitrogens with two attached hydrogens (primary N) is 1. The Morgan fingerprint density at radius 3 is 2.55 bits per heavy atom. The maximum Gasteiger partial charge on any atom is 0.433 e. The summed E-state index contributed by atoms with van der Waals surface area (Å²) in [6.45, 7) is 1.42. The lowest BCUT2D eigenvalue weighted by atomic mass is 9.99. The molecule has 0 aliphatic rings. The van der Waals surface area contributed by atoms with Crippen molar-refractivity contribution in [3.8, 4) is 22.4 Å². The molecule has 0 saturated carbocycles. The van der Waals surface area contributed by atoms with Crippen molar-refractivity contribution >= 4 is 23.2 Å². The van der Waals surface area contributed by atoms with Crippen LogP contribution in [0.2, 0.25) is 5.02 Å². The smallest absolute Gasteiger partial charge is 0.369 e. The third-order valence-electron chi connectivity index (χ3n) is 4.20. The van der Waals surface area contributed by atoms with Crippen molar-refractivity contribution in [2.45, 2.75) is 13.1 Å². The molecule has 0 atom stereocenters. The van der Waals surface area contributed by atoms with Crippen LogP contribution in [0, 0.1) is 12.7 Å². The Labute approximate surface area is 166 Å². The van der Waals surface area contributed by atoms with E-state index in [1.165, 1.54) is 35.9 Å². The van der Waals surface area contributed by atoms with Crippen LogP contribution in [0.3, 0.4) is 0 Å². The summed E-state index contributed by atoms with van der Waals surface area (Å²) >= 11 is 5.82. The van der Waals surface area contributed by atoms with Gasteiger partial charge in [0.25, 0.3) is 0 Å². The largest absolute Gasteiger partial charge is 0.433 e. The normalized spacial score (nSPS) is 11.9. The number of nitrogens with zero attached hydrogens (tertiary/aromatic N) is 5. The number of fused-ring (bicyclic) bond motifs is 1. The highest BCUT2D eigenvalue weighted by Gasteiger charge is 2.33. The Balaban J connectivity index is 2.10. The molecule has 1 aromatic carbocycles. The average molecular weight is 423 g/mol. The van der Waals surface area contributed by atoms with Gasteiger partial charge >= 0.3 is 6.18 Å². The number of anilines is 1. The summed E-state index contributed by atoms with van der Waals surface area (Å²) in [5.41, 5.74) is 5.32. The maximum absolute atomic E-state index is 14.6. The van der Waals surface area contributed by atoms with Crippen LogP contribution in [-0.4, -0.2) is 24.6 Å². The minimum absolute atomic E-state index is 0.00428. The second-order valence-corrected chi connectivity index (χ2v) is 6.66. The van der Waals surface area contributed by atoms with Crippen molar-refractivity contribution < 1.29 is 17.6 Å². The fourth-order valence-electron chi connectivity index (χ4n) is 3.00. The van der Waals surface area contributed by atoms with Crippen molar-refractivity contribution in [1.29, 1.82) is 0 Å². The molecule has 4 rings (SSSR count). The van der Waals surface area contributed by atoms with Gasteiger partial charge in [-0.1, -0.05) is 11.6 Å². The highest BCUT2D eigenvalue weighted by Crippen LogP contribution is 2.38. The molecule has 0 spiro atoms. The zero-order valence-corrected chi connectivity index (χ0v) is 15.4. The van der Waals surface area contributed by atoms with Crippen LogP contribution in [0.4, 0.5) is 23.5 Å². The Kier molecular flexibility index (Phi) is 4.38. The number of alkyl halides is 3. The monoisotopic (exact) mass is 422 g/mol. The van der Waals surface area contributed by atoms with Gasteiger partial charge in [-0.3, -0.25) is 4.40 Å². The van der Waals surface area contributed by atoms with Crippen molar-refractivity contribution in [2.75, 3.05) is 5.73 Å². The van der Waals surface area contributed by atoms with Crippen LogP contribution in [0.15, 0.2) is 36.7 Å². The summed E-state index contributed by atoms with van der Waals surface area (Å²) in [5, 5.41) is 7.86. The summed E-state index contributed by atoms with van der Waals surface area (Å²) in [5.74, 6) is -0.767. The standard InChI is InChI=1S/C18H11ClF4N6/c1-8-4-9(5-13(26-8)18(21,22)23)14-15(11-3-2-10(19)6-12(11)20)27-17(24)29-7-25-28-16(14)29/h2-7H,1H3,(H2,24,27). The first-order valence-electron chi connectivity index (χ1n) is 8.16. The molecule has 4 aromatic rings. The maximum atomic E-state index is 14.6. The molecule has 0 aliphatic heterocycles. The number of pyridine rings is 1. The Morgan fingerprint density at radius 2 is 1.86 bits per heavy atom. The van der Waals surface area contributed by atoms with E-state index >= 15 is 0 Å². The second kappa shape index (κ2) is 6.66. The topological polar surface area (TPSA) is 82.0 Å². The zero-order chi connectivity index (χ0) is 20.9. The third kappa shape index (κ3) is 3.35. The van der Waals surface area contributed by atoms with Gasteiger partial charge < -0.3 is 5.73 Å². The molecule has 3 aromatic heterocycles. The summed E-state index contributed by atoms with van der Waals surface area (Å²) in [4.78, 5) is 7.75. The van der Waals surface area contributed by atoms with Crippen molar-refractivity contribution in [3.63, 3.8) is 0 Å². The fraction of sp³-hybridized carbons (Fsp3) is 0.111. The van der Waals surface area contributed by atoms with Gasteiger partial charge in [0.1, 0.15) is 17.8 Å². The lowest BCUT2D eigenvalue weighted by Gasteiger charge is -2.15. The predicted molar refractivity (Wildman–Crippen MR) is 98.6 cm³/mol. The van der Waals surface area contributed by atoms with E-state index in [0.29, 0.717) is 0 Å². The summed E-state index contributed by atoms with van der Waals surface area (Å²) < 4.78 is 55.9. The molecule has 29 heavy (non-hydrogen) atoms. The van der Waals surface area contributed by atoms with Crippen LogP contribution >= 0.6 is 11.6 Å². The number of nitrogen functional groups attached to an aromatic ring is 1. The highest BCUT2D eigenvalue weighted by atomic mass is 35.5. The number of halogens is 5. The molecule has 0 radical (unpaired) electrons. The Hall–Kier alpha value is -3.27. The van der Waals surface area contributed by atoms with Gasteiger partial charge in [-0.15, -0.1) is 10.2 Å². The van der Waals surface area contributed by atoms with E-state index in [1.54, 1.807) is 0 Å². The van der Waals surface area contributed by atoms with Gasteiger partial charge in [0.05, 0.1) is 11.3 Å². The number of rotatable bonds is 2. The van der Waals surface area contributed by atoms with Gasteiger partial charge in [0.15, 0.2) is 5.65 Å². The average Bonchev–Trinajstić information content (AvgIpc) is 3.10. The van der Waals surface area contributed by atoms with E-state index in [9.17, 15) is 17.6 Å². The SMILES string of the molecule is Cc1cc(-c2c(-c3ccc(Cl)cc3F)nc(N)n3cnnc23)cc(C(F)(F)F)n1. The van der Waals surface area contributed by atoms with Crippen LogP contribution in [-0.2, 0) is 6.18 Å². The molecule has 0 fully saturated rings. The Morgan fingerprint density at radius 1 is 1.10 bits per heavy atom.